The van der Waals surface area contributed by atoms with Gasteiger partial charge in [-0.1, -0.05) is 6.92 Å². The van der Waals surface area contributed by atoms with Crippen molar-refractivity contribution >= 4 is 22.8 Å². The van der Waals surface area contributed by atoms with Gasteiger partial charge in [-0.15, -0.1) is 0 Å². The molecule has 126 valence electrons. The maximum absolute atomic E-state index is 12.5. The summed E-state index contributed by atoms with van der Waals surface area (Å²) in [5.74, 6) is -2.34. The van der Waals surface area contributed by atoms with E-state index in [0.717, 1.165) is 4.90 Å². The number of carbonyl (C=O) groups is 1. The van der Waals surface area contributed by atoms with E-state index in [0.29, 0.717) is 11.1 Å². The molecule has 0 spiro atoms. The van der Waals surface area contributed by atoms with Crippen molar-refractivity contribution in [2.75, 3.05) is 31.5 Å². The monoisotopic (exact) mass is 332 g/mol. The van der Waals surface area contributed by atoms with Crippen molar-refractivity contribution in [1.82, 2.24) is 19.9 Å². The Morgan fingerprint density at radius 2 is 2.50 bits per heavy atom. The SMILES string of the molecule is [2H]c1nc(N(C)[C@@]2([2H])CN(C(=O)C([2H])([2H])[N+]#[C-])CC[C@@]2([2H])C)c2c([2H])c(C)[nH]c2n1. The number of fused-ring (bicyclic) bond motifs is 1. The summed E-state index contributed by atoms with van der Waals surface area (Å²) >= 11 is 0. The Labute approximate surface area is 149 Å². The summed E-state index contributed by atoms with van der Waals surface area (Å²) in [6.07, 6.45) is -0.253. The van der Waals surface area contributed by atoms with Crippen LogP contribution in [0.1, 0.15) is 27.3 Å². The minimum atomic E-state index is -2.75. The Hall–Kier alpha value is -2.62. The van der Waals surface area contributed by atoms with Crippen molar-refractivity contribution in [1.29, 1.82) is 0 Å². The summed E-state index contributed by atoms with van der Waals surface area (Å²) in [6, 6.07) is -1.68. The van der Waals surface area contributed by atoms with Gasteiger partial charge in [0, 0.05) is 27.2 Å². The minimum absolute atomic E-state index is 0.0399. The average Bonchev–Trinajstić information content (AvgIpc) is 2.95. The number of nitrogens with zero attached hydrogens (tertiary/aromatic N) is 5. The van der Waals surface area contributed by atoms with Crippen LogP contribution in [0.25, 0.3) is 15.9 Å². The second-order valence-electron chi connectivity index (χ2n) is 5.73. The summed E-state index contributed by atoms with van der Waals surface area (Å²) in [4.78, 5) is 28.7. The predicted octanol–water partition coefficient (Wildman–Crippen LogP) is 1.86. The number of rotatable bonds is 3. The first-order valence-corrected chi connectivity index (χ1v) is 7.50. The van der Waals surface area contributed by atoms with Crippen LogP contribution < -0.4 is 4.90 Å². The second-order valence-corrected chi connectivity index (χ2v) is 5.73. The largest absolute Gasteiger partial charge is 0.354 e. The van der Waals surface area contributed by atoms with Gasteiger partial charge >= 0.3 is 5.91 Å². The molecule has 2 atom stereocenters. The first-order chi connectivity index (χ1) is 13.7. The van der Waals surface area contributed by atoms with E-state index in [1.54, 1.807) is 13.8 Å². The third-order valence-electron chi connectivity index (χ3n) is 4.15. The molecule has 24 heavy (non-hydrogen) atoms. The van der Waals surface area contributed by atoms with Crippen LogP contribution in [0.2, 0.25) is 0 Å². The van der Waals surface area contributed by atoms with Gasteiger partial charge in [0.25, 0.3) is 6.50 Å². The molecule has 1 N–H and O–H groups in total. The molecule has 0 unspecified atom stereocenters. The molecule has 3 rings (SSSR count). The van der Waals surface area contributed by atoms with E-state index < -0.39 is 24.3 Å². The molecular weight excluding hydrogens is 304 g/mol. The maximum Gasteiger partial charge on any atom is 0.302 e. The van der Waals surface area contributed by atoms with Crippen molar-refractivity contribution in [3.8, 4) is 0 Å². The van der Waals surface area contributed by atoms with E-state index in [1.165, 1.54) is 11.9 Å². The van der Waals surface area contributed by atoms with E-state index in [2.05, 4.69) is 19.8 Å². The van der Waals surface area contributed by atoms with Crippen molar-refractivity contribution in [3.63, 3.8) is 0 Å². The number of anilines is 1. The highest BCUT2D eigenvalue weighted by Crippen LogP contribution is 2.29. The third kappa shape index (κ3) is 2.92. The zero-order chi connectivity index (χ0) is 22.6. The van der Waals surface area contributed by atoms with Crippen molar-refractivity contribution < 1.29 is 13.0 Å². The summed E-state index contributed by atoms with van der Waals surface area (Å²) in [7, 11) is 1.50. The molecule has 7 nitrogen and oxygen atoms in total. The topological polar surface area (TPSA) is 69.5 Å². The summed E-state index contributed by atoms with van der Waals surface area (Å²) in [6.45, 7) is 7.11. The van der Waals surface area contributed by atoms with E-state index >= 15 is 0 Å². The van der Waals surface area contributed by atoms with Crippen LogP contribution in [0.15, 0.2) is 12.3 Å². The maximum atomic E-state index is 12.5. The van der Waals surface area contributed by atoms with Crippen molar-refractivity contribution in [3.05, 3.63) is 29.5 Å². The smallest absolute Gasteiger partial charge is 0.302 e. The summed E-state index contributed by atoms with van der Waals surface area (Å²) in [5, 5.41) is 0.299. The van der Waals surface area contributed by atoms with E-state index in [9.17, 15) is 4.79 Å². The highest BCUT2D eigenvalue weighted by atomic mass is 16.2. The molecule has 0 aliphatic carbocycles. The van der Waals surface area contributed by atoms with Crippen LogP contribution in [-0.2, 0) is 4.79 Å². The molecule has 1 aliphatic heterocycles. The summed E-state index contributed by atoms with van der Waals surface area (Å²) < 4.78 is 49.3. The van der Waals surface area contributed by atoms with Crippen LogP contribution >= 0.6 is 0 Å². The number of H-pyrrole nitrogens is 1. The van der Waals surface area contributed by atoms with E-state index in [1.807, 2.05) is 0 Å². The number of aromatic nitrogens is 3. The molecule has 0 aromatic carbocycles. The number of nitrogens with one attached hydrogen (secondary N) is 1. The van der Waals surface area contributed by atoms with Gasteiger partial charge < -0.3 is 19.6 Å². The van der Waals surface area contributed by atoms with Crippen LogP contribution in [0.5, 0.6) is 0 Å². The quantitative estimate of drug-likeness (QED) is 0.871. The van der Waals surface area contributed by atoms with Gasteiger partial charge in [0.15, 0.2) is 0 Å². The first-order valence-electron chi connectivity index (χ1n) is 10.5. The number of hydrogen-bond donors (Lipinski definition) is 1. The number of likely N-dealkylation sites (N-methyl/N-ethyl adjacent to an activating group) is 1. The molecular formula is C17H22N6O. The Bertz CT molecular complexity index is 1060. The van der Waals surface area contributed by atoms with Gasteiger partial charge in [-0.3, -0.25) is 4.79 Å². The molecule has 1 amide bonds. The Morgan fingerprint density at radius 1 is 1.71 bits per heavy atom. The number of piperidine rings is 1. The zero-order valence-electron chi connectivity index (χ0n) is 19.8. The van der Waals surface area contributed by atoms with Gasteiger partial charge in [-0.05, 0) is 25.3 Å². The lowest BCUT2D eigenvalue weighted by Gasteiger charge is -2.41. The molecule has 7 heteroatoms. The third-order valence-corrected chi connectivity index (χ3v) is 4.15. The number of amides is 1. The Balaban J connectivity index is 2.11. The van der Waals surface area contributed by atoms with Crippen LogP contribution in [0.3, 0.4) is 0 Å². The van der Waals surface area contributed by atoms with Gasteiger partial charge in [-0.25, -0.2) is 16.5 Å². The van der Waals surface area contributed by atoms with Gasteiger partial charge in [0.05, 0.1) is 14.1 Å². The minimum Gasteiger partial charge on any atom is -0.354 e. The number of aromatic amines is 1. The van der Waals surface area contributed by atoms with E-state index in [-0.39, 0.29) is 43.3 Å². The lowest BCUT2D eigenvalue weighted by molar-refractivity contribution is -0.130. The molecule has 1 aliphatic rings. The molecule has 2 aromatic heterocycles. The molecule has 3 heterocycles. The molecule has 0 bridgehead atoms. The van der Waals surface area contributed by atoms with Crippen molar-refractivity contribution in [2.24, 2.45) is 5.89 Å². The number of likely N-dealkylation sites (tertiary alicyclic amines) is 1. The van der Waals surface area contributed by atoms with Crippen LogP contribution in [-0.4, -0.2) is 58.4 Å². The van der Waals surface area contributed by atoms with Gasteiger partial charge in [0.1, 0.15) is 21.9 Å². The number of carbonyl (C=O) groups excluding carboxylic acids is 1. The standard InChI is InChI=1S/C17H22N6O/c1-11-5-6-23(15(24)8-18-3)9-14(11)22(4)17-13-7-12(2)21-16(13)19-10-20-17/h7,10-11,14H,5-6,8-9H2,1-2,4H3,(H,19,20,21)/t11-,14+/m1/s1/i7D,8D2,10D,11D,14D. The Kier molecular flexibility index (Phi) is 2.78. The zero-order valence-corrected chi connectivity index (χ0v) is 13.8. The molecule has 1 fully saturated rings. The fraction of sp³-hybridized carbons (Fsp3) is 0.529. The predicted molar refractivity (Wildman–Crippen MR) is 92.6 cm³/mol. The fourth-order valence-electron chi connectivity index (χ4n) is 2.84. The molecule has 0 saturated carbocycles. The summed E-state index contributed by atoms with van der Waals surface area (Å²) in [5.41, 5.74) is 0.778. The Morgan fingerprint density at radius 3 is 3.25 bits per heavy atom. The van der Waals surface area contributed by atoms with Gasteiger partial charge in [-0.2, -0.15) is 0 Å². The van der Waals surface area contributed by atoms with Crippen LogP contribution in [0.4, 0.5) is 5.82 Å². The lowest BCUT2D eigenvalue weighted by Crippen LogP contribution is -2.53. The first kappa shape index (κ1) is 10.3. The average molecular weight is 332 g/mol. The number of aryl methyl sites for hydroxylation is 1. The highest BCUT2D eigenvalue weighted by molar-refractivity contribution is 5.88. The lowest BCUT2D eigenvalue weighted by atomic mass is 9.92. The van der Waals surface area contributed by atoms with Crippen molar-refractivity contribution in [2.45, 2.75) is 26.3 Å². The highest BCUT2D eigenvalue weighted by Gasteiger charge is 2.33. The van der Waals surface area contributed by atoms with Crippen LogP contribution in [0, 0.1) is 19.4 Å². The second kappa shape index (κ2) is 6.48. The molecule has 1 saturated heterocycles. The normalized spacial score (nSPS) is 31.2. The van der Waals surface area contributed by atoms with Gasteiger partial charge in [0.2, 0.25) is 0 Å². The fourth-order valence-corrected chi connectivity index (χ4v) is 2.84. The van der Waals surface area contributed by atoms with E-state index in [4.69, 9.17) is 14.8 Å². The number of hydrogen-bond acceptors (Lipinski definition) is 4. The molecule has 2 aromatic rings. The molecule has 0 radical (unpaired) electrons.